The van der Waals surface area contributed by atoms with Crippen molar-refractivity contribution in [2.45, 2.75) is 19.3 Å². The molecule has 2 aromatic rings. The smallest absolute Gasteiger partial charge is 0.116 e. The number of para-hydroxylation sites is 1. The lowest BCUT2D eigenvalue weighted by molar-refractivity contribution is 0.371. The Morgan fingerprint density at radius 3 is 2.82 bits per heavy atom. The monoisotopic (exact) mass is 227 g/mol. The van der Waals surface area contributed by atoms with Gasteiger partial charge in [-0.3, -0.25) is 0 Å². The van der Waals surface area contributed by atoms with Gasteiger partial charge in [-0.05, 0) is 44.3 Å². The average Bonchev–Trinajstić information content (AvgIpc) is 2.40. The largest absolute Gasteiger partial charge is 0.317 e. The van der Waals surface area contributed by atoms with Gasteiger partial charge in [-0.25, -0.2) is 9.97 Å². The van der Waals surface area contributed by atoms with Crippen molar-refractivity contribution in [1.29, 1.82) is 0 Å². The fourth-order valence-electron chi connectivity index (χ4n) is 2.58. The van der Waals surface area contributed by atoms with Crippen LogP contribution in [0.2, 0.25) is 0 Å². The zero-order valence-electron chi connectivity index (χ0n) is 9.89. The second kappa shape index (κ2) is 4.80. The predicted molar refractivity (Wildman–Crippen MR) is 68.8 cm³/mol. The molecule has 1 aromatic heterocycles. The molecule has 0 amide bonds. The number of benzene rings is 1. The Hall–Kier alpha value is -1.48. The third-order valence-electron chi connectivity index (χ3n) is 3.57. The first-order chi connectivity index (χ1) is 8.43. The first-order valence-electron chi connectivity index (χ1n) is 6.33. The standard InChI is InChI=1S/C14H17N3/c1-2-4-13-12(3-1)14(17-10-16-13)9-11-5-7-15-8-6-11/h1-4,10-11,15H,5-9H2. The maximum absolute atomic E-state index is 4.47. The number of nitrogens with one attached hydrogen (secondary N) is 1. The lowest BCUT2D eigenvalue weighted by Crippen LogP contribution is -2.28. The number of rotatable bonds is 2. The summed E-state index contributed by atoms with van der Waals surface area (Å²) in [5.41, 5.74) is 2.27. The van der Waals surface area contributed by atoms with E-state index in [0.717, 1.165) is 30.9 Å². The molecule has 1 N–H and O–H groups in total. The van der Waals surface area contributed by atoms with Crippen molar-refractivity contribution in [3.63, 3.8) is 0 Å². The molecular formula is C14H17N3. The van der Waals surface area contributed by atoms with E-state index in [1.54, 1.807) is 6.33 Å². The summed E-state index contributed by atoms with van der Waals surface area (Å²) < 4.78 is 0. The summed E-state index contributed by atoms with van der Waals surface area (Å²) in [6, 6.07) is 8.29. The van der Waals surface area contributed by atoms with Crippen LogP contribution in [0.25, 0.3) is 10.9 Å². The van der Waals surface area contributed by atoms with Gasteiger partial charge in [-0.1, -0.05) is 18.2 Å². The second-order valence-electron chi connectivity index (χ2n) is 4.74. The van der Waals surface area contributed by atoms with E-state index in [1.165, 1.54) is 23.9 Å². The molecular weight excluding hydrogens is 210 g/mol. The fraction of sp³-hybridized carbons (Fsp3) is 0.429. The van der Waals surface area contributed by atoms with Crippen LogP contribution in [-0.4, -0.2) is 23.1 Å². The second-order valence-corrected chi connectivity index (χ2v) is 4.74. The Kier molecular flexibility index (Phi) is 3.01. The lowest BCUT2D eigenvalue weighted by Gasteiger charge is -2.22. The topological polar surface area (TPSA) is 37.8 Å². The minimum Gasteiger partial charge on any atom is -0.317 e. The number of hydrogen-bond donors (Lipinski definition) is 1. The van der Waals surface area contributed by atoms with Crippen molar-refractivity contribution in [3.8, 4) is 0 Å². The van der Waals surface area contributed by atoms with E-state index >= 15 is 0 Å². The van der Waals surface area contributed by atoms with Crippen LogP contribution in [0.5, 0.6) is 0 Å². The molecule has 0 radical (unpaired) electrons. The first-order valence-corrected chi connectivity index (χ1v) is 6.33. The van der Waals surface area contributed by atoms with Crippen molar-refractivity contribution in [2.24, 2.45) is 5.92 Å². The van der Waals surface area contributed by atoms with Gasteiger partial charge in [0.2, 0.25) is 0 Å². The van der Waals surface area contributed by atoms with Gasteiger partial charge in [0.05, 0.1) is 11.2 Å². The van der Waals surface area contributed by atoms with Crippen LogP contribution in [0.15, 0.2) is 30.6 Å². The Morgan fingerprint density at radius 1 is 1.12 bits per heavy atom. The minimum atomic E-state index is 0.773. The van der Waals surface area contributed by atoms with Crippen LogP contribution >= 0.6 is 0 Å². The minimum absolute atomic E-state index is 0.773. The van der Waals surface area contributed by atoms with Crippen LogP contribution in [0.1, 0.15) is 18.5 Å². The molecule has 1 aliphatic heterocycles. The lowest BCUT2D eigenvalue weighted by atomic mass is 9.92. The van der Waals surface area contributed by atoms with Crippen LogP contribution < -0.4 is 5.32 Å². The van der Waals surface area contributed by atoms with E-state index in [-0.39, 0.29) is 0 Å². The highest BCUT2D eigenvalue weighted by Gasteiger charge is 2.15. The predicted octanol–water partition coefficient (Wildman–Crippen LogP) is 2.17. The zero-order valence-corrected chi connectivity index (χ0v) is 9.89. The number of fused-ring (bicyclic) bond motifs is 1. The molecule has 0 bridgehead atoms. The molecule has 17 heavy (non-hydrogen) atoms. The van der Waals surface area contributed by atoms with Crippen molar-refractivity contribution in [2.75, 3.05) is 13.1 Å². The Bertz CT molecular complexity index is 498. The summed E-state index contributed by atoms with van der Waals surface area (Å²) >= 11 is 0. The van der Waals surface area contributed by atoms with Crippen LogP contribution in [0, 0.1) is 5.92 Å². The maximum Gasteiger partial charge on any atom is 0.116 e. The SMILES string of the molecule is c1ccc2c(CC3CCNCC3)ncnc2c1. The van der Waals surface area contributed by atoms with Gasteiger partial charge < -0.3 is 5.32 Å². The summed E-state index contributed by atoms with van der Waals surface area (Å²) in [4.78, 5) is 8.78. The number of piperidine rings is 1. The maximum atomic E-state index is 4.47. The van der Waals surface area contributed by atoms with Gasteiger partial charge in [0.1, 0.15) is 6.33 Å². The molecule has 1 saturated heterocycles. The number of nitrogens with zero attached hydrogens (tertiary/aromatic N) is 2. The number of hydrogen-bond acceptors (Lipinski definition) is 3. The van der Waals surface area contributed by atoms with E-state index in [4.69, 9.17) is 0 Å². The van der Waals surface area contributed by atoms with Gasteiger partial charge in [-0.2, -0.15) is 0 Å². The number of aromatic nitrogens is 2. The molecule has 3 nitrogen and oxygen atoms in total. The molecule has 1 aliphatic rings. The normalized spacial score (nSPS) is 17.4. The van der Waals surface area contributed by atoms with Gasteiger partial charge in [0, 0.05) is 5.39 Å². The van der Waals surface area contributed by atoms with Crippen LogP contribution in [0.3, 0.4) is 0 Å². The van der Waals surface area contributed by atoms with Crippen molar-refractivity contribution in [1.82, 2.24) is 15.3 Å². The Labute approximate surface area is 101 Å². The molecule has 2 heterocycles. The Balaban J connectivity index is 1.89. The molecule has 3 heteroatoms. The molecule has 1 fully saturated rings. The van der Waals surface area contributed by atoms with E-state index in [9.17, 15) is 0 Å². The molecule has 88 valence electrons. The van der Waals surface area contributed by atoms with Gasteiger partial charge in [0.15, 0.2) is 0 Å². The highest BCUT2D eigenvalue weighted by Crippen LogP contribution is 2.21. The summed E-state index contributed by atoms with van der Waals surface area (Å²) in [6.07, 6.45) is 5.31. The van der Waals surface area contributed by atoms with Gasteiger partial charge >= 0.3 is 0 Å². The molecule has 0 spiro atoms. The highest BCUT2D eigenvalue weighted by molar-refractivity contribution is 5.80. The third kappa shape index (κ3) is 2.29. The van der Waals surface area contributed by atoms with Crippen molar-refractivity contribution >= 4 is 10.9 Å². The first kappa shape index (κ1) is 10.7. The molecule has 0 aliphatic carbocycles. The average molecular weight is 227 g/mol. The van der Waals surface area contributed by atoms with E-state index < -0.39 is 0 Å². The summed E-state index contributed by atoms with van der Waals surface area (Å²) in [6.45, 7) is 2.29. The van der Waals surface area contributed by atoms with E-state index in [0.29, 0.717) is 0 Å². The van der Waals surface area contributed by atoms with Crippen molar-refractivity contribution < 1.29 is 0 Å². The molecule has 0 saturated carbocycles. The van der Waals surface area contributed by atoms with E-state index in [2.05, 4.69) is 33.5 Å². The molecule has 0 unspecified atom stereocenters. The molecule has 3 rings (SSSR count). The summed E-state index contributed by atoms with van der Waals surface area (Å²) in [5, 5.41) is 4.62. The van der Waals surface area contributed by atoms with Crippen molar-refractivity contribution in [3.05, 3.63) is 36.3 Å². The van der Waals surface area contributed by atoms with E-state index in [1.807, 2.05) is 6.07 Å². The Morgan fingerprint density at radius 2 is 1.94 bits per heavy atom. The molecule has 0 atom stereocenters. The third-order valence-corrected chi connectivity index (χ3v) is 3.57. The van der Waals surface area contributed by atoms with Gasteiger partial charge in [-0.15, -0.1) is 0 Å². The fourth-order valence-corrected chi connectivity index (χ4v) is 2.58. The quantitative estimate of drug-likeness (QED) is 0.854. The van der Waals surface area contributed by atoms with Gasteiger partial charge in [0.25, 0.3) is 0 Å². The summed E-state index contributed by atoms with van der Waals surface area (Å²) in [7, 11) is 0. The summed E-state index contributed by atoms with van der Waals surface area (Å²) in [5.74, 6) is 0.773. The van der Waals surface area contributed by atoms with Crippen LogP contribution in [-0.2, 0) is 6.42 Å². The molecule has 1 aromatic carbocycles. The highest BCUT2D eigenvalue weighted by atomic mass is 14.9. The zero-order chi connectivity index (χ0) is 11.5. The van der Waals surface area contributed by atoms with Crippen LogP contribution in [0.4, 0.5) is 0 Å².